The third kappa shape index (κ3) is 6.16. The zero-order valence-corrected chi connectivity index (χ0v) is 7.97. The third-order valence-electron chi connectivity index (χ3n) is 1.76. The lowest BCUT2D eigenvalue weighted by Gasteiger charge is -2.08. The molecule has 2 N–H and O–H groups in total. The Kier molecular flexibility index (Phi) is 6.76. The van der Waals surface area contributed by atoms with Gasteiger partial charge in [-0.1, -0.05) is 20.3 Å². The molecule has 0 bridgehead atoms. The first-order valence-electron chi connectivity index (χ1n) is 4.65. The Morgan fingerprint density at radius 2 is 2.17 bits per heavy atom. The van der Waals surface area contributed by atoms with Crippen LogP contribution in [0.15, 0.2) is 0 Å². The first kappa shape index (κ1) is 11.4. The minimum atomic E-state index is -0.393. The molecule has 3 nitrogen and oxygen atoms in total. The standard InChI is InChI=1S/C9H19NO2/c1-3-5-6-9(12)10-7-8(11)4-2/h8,11H,3-7H2,1-2H3,(H,10,12)/t8-/m1/s1. The molecule has 12 heavy (non-hydrogen) atoms. The first-order chi connectivity index (χ1) is 5.70. The summed E-state index contributed by atoms with van der Waals surface area (Å²) in [5, 5.41) is 11.8. The molecule has 0 aromatic rings. The second-order valence-electron chi connectivity index (χ2n) is 2.97. The third-order valence-corrected chi connectivity index (χ3v) is 1.76. The number of aliphatic hydroxyl groups excluding tert-OH is 1. The molecule has 0 unspecified atom stereocenters. The summed E-state index contributed by atoms with van der Waals surface area (Å²) >= 11 is 0. The summed E-state index contributed by atoms with van der Waals surface area (Å²) in [7, 11) is 0. The van der Waals surface area contributed by atoms with Gasteiger partial charge in [-0.2, -0.15) is 0 Å². The summed E-state index contributed by atoms with van der Waals surface area (Å²) in [5.41, 5.74) is 0. The van der Waals surface area contributed by atoms with Gasteiger partial charge in [-0.25, -0.2) is 0 Å². The van der Waals surface area contributed by atoms with Crippen LogP contribution < -0.4 is 5.32 Å². The van der Waals surface area contributed by atoms with E-state index in [1.807, 2.05) is 13.8 Å². The molecular formula is C9H19NO2. The van der Waals surface area contributed by atoms with E-state index in [-0.39, 0.29) is 5.91 Å². The van der Waals surface area contributed by atoms with Gasteiger partial charge in [0.2, 0.25) is 5.91 Å². The molecule has 0 aromatic heterocycles. The summed E-state index contributed by atoms with van der Waals surface area (Å²) in [4.78, 5) is 11.0. The van der Waals surface area contributed by atoms with E-state index in [4.69, 9.17) is 5.11 Å². The molecule has 0 heterocycles. The van der Waals surface area contributed by atoms with Gasteiger partial charge in [-0.05, 0) is 12.8 Å². The summed E-state index contributed by atoms with van der Waals surface area (Å²) in [6.45, 7) is 4.33. The van der Waals surface area contributed by atoms with Gasteiger partial charge >= 0.3 is 0 Å². The first-order valence-corrected chi connectivity index (χ1v) is 4.65. The minimum absolute atomic E-state index is 0.0457. The molecule has 0 aliphatic rings. The van der Waals surface area contributed by atoms with Crippen LogP contribution in [0.3, 0.4) is 0 Å². The SMILES string of the molecule is CCCCC(=O)NC[C@H](O)CC. The van der Waals surface area contributed by atoms with Gasteiger partial charge in [-0.15, -0.1) is 0 Å². The van der Waals surface area contributed by atoms with Gasteiger partial charge in [0, 0.05) is 13.0 Å². The van der Waals surface area contributed by atoms with Crippen LogP contribution in [-0.4, -0.2) is 23.7 Å². The molecule has 3 heteroatoms. The zero-order valence-electron chi connectivity index (χ0n) is 7.97. The number of rotatable bonds is 6. The molecule has 1 atom stereocenters. The quantitative estimate of drug-likeness (QED) is 0.631. The van der Waals surface area contributed by atoms with Gasteiger partial charge in [0.1, 0.15) is 0 Å². The molecule has 0 aliphatic heterocycles. The normalized spacial score (nSPS) is 12.6. The number of amides is 1. The molecule has 0 rings (SSSR count). The van der Waals surface area contributed by atoms with Crippen molar-refractivity contribution < 1.29 is 9.90 Å². The Balaban J connectivity index is 3.31. The van der Waals surface area contributed by atoms with Crippen LogP contribution in [0, 0.1) is 0 Å². The molecule has 0 saturated heterocycles. The number of carbonyl (C=O) groups excluding carboxylic acids is 1. The van der Waals surface area contributed by atoms with Crippen LogP contribution in [0.2, 0.25) is 0 Å². The summed E-state index contributed by atoms with van der Waals surface area (Å²) in [6.07, 6.45) is 2.83. The monoisotopic (exact) mass is 173 g/mol. The van der Waals surface area contributed by atoms with Crippen LogP contribution in [0.4, 0.5) is 0 Å². The Morgan fingerprint density at radius 3 is 2.67 bits per heavy atom. The van der Waals surface area contributed by atoms with E-state index < -0.39 is 6.10 Å². The highest BCUT2D eigenvalue weighted by molar-refractivity contribution is 5.75. The van der Waals surface area contributed by atoms with E-state index in [1.165, 1.54) is 0 Å². The molecule has 0 spiro atoms. The van der Waals surface area contributed by atoms with Crippen molar-refractivity contribution in [2.75, 3.05) is 6.54 Å². The van der Waals surface area contributed by atoms with Crippen molar-refractivity contribution >= 4 is 5.91 Å². The van der Waals surface area contributed by atoms with E-state index in [0.29, 0.717) is 19.4 Å². The van der Waals surface area contributed by atoms with Crippen molar-refractivity contribution in [2.45, 2.75) is 45.6 Å². The minimum Gasteiger partial charge on any atom is -0.391 e. The predicted molar refractivity (Wildman–Crippen MR) is 48.8 cm³/mol. The molecule has 0 radical (unpaired) electrons. The number of hydrogen-bond acceptors (Lipinski definition) is 2. The van der Waals surface area contributed by atoms with E-state index in [1.54, 1.807) is 0 Å². The predicted octanol–water partition coefficient (Wildman–Crippen LogP) is 1.06. The summed E-state index contributed by atoms with van der Waals surface area (Å²) in [6, 6.07) is 0. The van der Waals surface area contributed by atoms with Gasteiger partial charge in [0.05, 0.1) is 6.10 Å². The van der Waals surface area contributed by atoms with E-state index >= 15 is 0 Å². The van der Waals surface area contributed by atoms with Gasteiger partial charge in [0.15, 0.2) is 0 Å². The van der Waals surface area contributed by atoms with Gasteiger partial charge in [-0.3, -0.25) is 4.79 Å². The Labute approximate surface area is 74.2 Å². The highest BCUT2D eigenvalue weighted by Crippen LogP contribution is 1.93. The summed E-state index contributed by atoms with van der Waals surface area (Å²) in [5.74, 6) is 0.0457. The fourth-order valence-corrected chi connectivity index (χ4v) is 0.802. The van der Waals surface area contributed by atoms with Crippen LogP contribution in [0.25, 0.3) is 0 Å². The molecular weight excluding hydrogens is 154 g/mol. The van der Waals surface area contributed by atoms with Crippen LogP contribution >= 0.6 is 0 Å². The highest BCUT2D eigenvalue weighted by atomic mass is 16.3. The van der Waals surface area contributed by atoms with Crippen LogP contribution in [-0.2, 0) is 4.79 Å². The second-order valence-corrected chi connectivity index (χ2v) is 2.97. The van der Waals surface area contributed by atoms with Crippen molar-refractivity contribution in [2.24, 2.45) is 0 Å². The molecule has 0 aromatic carbocycles. The lowest BCUT2D eigenvalue weighted by Crippen LogP contribution is -2.31. The fraction of sp³-hybridized carbons (Fsp3) is 0.889. The van der Waals surface area contributed by atoms with Crippen LogP contribution in [0.5, 0.6) is 0 Å². The van der Waals surface area contributed by atoms with E-state index in [9.17, 15) is 4.79 Å². The molecule has 72 valence electrons. The largest absolute Gasteiger partial charge is 0.391 e. The molecule has 0 fully saturated rings. The Morgan fingerprint density at radius 1 is 1.50 bits per heavy atom. The van der Waals surface area contributed by atoms with Crippen molar-refractivity contribution in [3.05, 3.63) is 0 Å². The highest BCUT2D eigenvalue weighted by Gasteiger charge is 2.03. The zero-order chi connectivity index (χ0) is 9.40. The lowest BCUT2D eigenvalue weighted by molar-refractivity contribution is -0.121. The van der Waals surface area contributed by atoms with Gasteiger partial charge < -0.3 is 10.4 Å². The van der Waals surface area contributed by atoms with E-state index in [2.05, 4.69) is 5.32 Å². The molecule has 0 saturated carbocycles. The van der Waals surface area contributed by atoms with Crippen molar-refractivity contribution in [3.63, 3.8) is 0 Å². The van der Waals surface area contributed by atoms with Crippen molar-refractivity contribution in [1.82, 2.24) is 5.32 Å². The van der Waals surface area contributed by atoms with E-state index in [0.717, 1.165) is 12.8 Å². The van der Waals surface area contributed by atoms with Crippen LogP contribution in [0.1, 0.15) is 39.5 Å². The van der Waals surface area contributed by atoms with Crippen molar-refractivity contribution in [1.29, 1.82) is 0 Å². The van der Waals surface area contributed by atoms with Crippen molar-refractivity contribution in [3.8, 4) is 0 Å². The average molecular weight is 173 g/mol. The second kappa shape index (κ2) is 7.10. The average Bonchev–Trinajstić information content (AvgIpc) is 2.10. The Bertz CT molecular complexity index is 126. The number of aliphatic hydroxyl groups is 1. The summed E-state index contributed by atoms with van der Waals surface area (Å²) < 4.78 is 0. The maximum Gasteiger partial charge on any atom is 0.220 e. The number of unbranched alkanes of at least 4 members (excludes halogenated alkanes) is 1. The smallest absolute Gasteiger partial charge is 0.220 e. The number of hydrogen-bond donors (Lipinski definition) is 2. The number of nitrogens with one attached hydrogen (secondary N) is 1. The molecule has 0 aliphatic carbocycles. The maximum atomic E-state index is 11.0. The molecule has 1 amide bonds. The topological polar surface area (TPSA) is 49.3 Å². The Hall–Kier alpha value is -0.570. The fourth-order valence-electron chi connectivity index (χ4n) is 0.802. The van der Waals surface area contributed by atoms with Gasteiger partial charge in [0.25, 0.3) is 0 Å². The number of carbonyl (C=O) groups is 1. The lowest BCUT2D eigenvalue weighted by atomic mass is 10.2. The maximum absolute atomic E-state index is 11.0.